The van der Waals surface area contributed by atoms with E-state index in [1.165, 1.54) is 16.9 Å². The number of benzene rings is 3. The van der Waals surface area contributed by atoms with Crippen LogP contribution >= 0.6 is 22.9 Å². The molecule has 1 heterocycles. The molecular formula is C25H21ClN2O2S. The van der Waals surface area contributed by atoms with E-state index in [1.807, 2.05) is 50.2 Å². The van der Waals surface area contributed by atoms with Gasteiger partial charge in [0.25, 0.3) is 5.91 Å². The van der Waals surface area contributed by atoms with Crippen LogP contribution in [0.3, 0.4) is 0 Å². The Morgan fingerprint density at radius 2 is 1.68 bits per heavy atom. The van der Waals surface area contributed by atoms with Crippen molar-refractivity contribution in [3.05, 3.63) is 105 Å². The maximum atomic E-state index is 12.6. The number of carbonyl (C=O) groups is 1. The summed E-state index contributed by atoms with van der Waals surface area (Å²) in [6.45, 7) is 4.01. The van der Waals surface area contributed by atoms with Crippen molar-refractivity contribution >= 4 is 34.0 Å². The van der Waals surface area contributed by atoms with Gasteiger partial charge in [-0.25, -0.2) is 4.98 Å². The van der Waals surface area contributed by atoms with Crippen LogP contribution in [-0.4, -0.2) is 10.9 Å². The number of rotatable bonds is 6. The highest BCUT2D eigenvalue weighted by atomic mass is 35.5. The van der Waals surface area contributed by atoms with E-state index in [-0.39, 0.29) is 5.91 Å². The van der Waals surface area contributed by atoms with Crippen LogP contribution < -0.4 is 10.1 Å². The summed E-state index contributed by atoms with van der Waals surface area (Å²) in [5, 5.41) is 4.18. The molecular weight excluding hydrogens is 428 g/mol. The predicted molar refractivity (Wildman–Crippen MR) is 127 cm³/mol. The molecule has 1 N–H and O–H groups in total. The van der Waals surface area contributed by atoms with Crippen molar-refractivity contribution in [3.8, 4) is 11.5 Å². The Morgan fingerprint density at radius 3 is 2.35 bits per heavy atom. The average Bonchev–Trinajstić information content (AvgIpc) is 3.19. The summed E-state index contributed by atoms with van der Waals surface area (Å²) in [6, 6.07) is 20.9. The van der Waals surface area contributed by atoms with E-state index in [2.05, 4.69) is 16.4 Å². The molecule has 0 radical (unpaired) electrons. The van der Waals surface area contributed by atoms with E-state index in [1.54, 1.807) is 30.5 Å². The minimum atomic E-state index is -0.207. The number of nitrogens with one attached hydrogen (secondary N) is 1. The molecule has 0 saturated heterocycles. The Kier molecular flexibility index (Phi) is 6.35. The first-order chi connectivity index (χ1) is 15.0. The number of nitrogens with zero attached hydrogens (tertiary/aromatic N) is 1. The number of amides is 1. The number of thiazole rings is 1. The summed E-state index contributed by atoms with van der Waals surface area (Å²) in [4.78, 5) is 17.9. The van der Waals surface area contributed by atoms with Gasteiger partial charge in [0.2, 0.25) is 0 Å². The summed E-state index contributed by atoms with van der Waals surface area (Å²) >= 11 is 7.66. The fourth-order valence-corrected chi connectivity index (χ4v) is 4.03. The van der Waals surface area contributed by atoms with E-state index in [0.29, 0.717) is 16.4 Å². The Morgan fingerprint density at radius 1 is 1.00 bits per heavy atom. The molecule has 0 unspecified atom stereocenters. The van der Waals surface area contributed by atoms with Crippen LogP contribution in [0.15, 0.2) is 72.9 Å². The van der Waals surface area contributed by atoms with E-state index in [0.717, 1.165) is 33.2 Å². The predicted octanol–water partition coefficient (Wildman–Crippen LogP) is 7.05. The normalized spacial score (nSPS) is 10.7. The maximum absolute atomic E-state index is 12.6. The molecule has 0 aliphatic rings. The van der Waals surface area contributed by atoms with E-state index >= 15 is 0 Å². The van der Waals surface area contributed by atoms with Crippen LogP contribution in [0.1, 0.15) is 31.9 Å². The molecule has 0 atom stereocenters. The van der Waals surface area contributed by atoms with E-state index in [4.69, 9.17) is 16.3 Å². The fourth-order valence-electron chi connectivity index (χ4n) is 2.98. The maximum Gasteiger partial charge on any atom is 0.257 e. The standard InChI is InChI=1S/C25H21ClN2O2S/c1-16-3-9-20(10-4-16)30-21-11-7-19(8-12-21)24(29)28-25-27-15-22(31-25)13-18-6-5-17(2)23(26)14-18/h3-12,14-15H,13H2,1-2H3,(H,27,28,29). The molecule has 4 aromatic rings. The highest BCUT2D eigenvalue weighted by Crippen LogP contribution is 2.25. The lowest BCUT2D eigenvalue weighted by molar-refractivity contribution is 0.102. The van der Waals surface area contributed by atoms with Crippen LogP contribution in [-0.2, 0) is 6.42 Å². The van der Waals surface area contributed by atoms with Gasteiger partial charge in [0.05, 0.1) is 0 Å². The summed E-state index contributed by atoms with van der Waals surface area (Å²) in [5.74, 6) is 1.22. The fraction of sp³-hybridized carbons (Fsp3) is 0.120. The number of hydrogen-bond donors (Lipinski definition) is 1. The molecule has 0 fully saturated rings. The van der Waals surface area contributed by atoms with Crippen molar-refractivity contribution in [2.45, 2.75) is 20.3 Å². The molecule has 1 amide bonds. The number of anilines is 1. The SMILES string of the molecule is Cc1ccc(Oc2ccc(C(=O)Nc3ncc(Cc4ccc(C)c(Cl)c4)s3)cc2)cc1. The second-order valence-corrected chi connectivity index (χ2v) is 8.81. The molecule has 0 bridgehead atoms. The van der Waals surface area contributed by atoms with Crippen molar-refractivity contribution in [3.63, 3.8) is 0 Å². The third-order valence-electron chi connectivity index (χ3n) is 4.76. The van der Waals surface area contributed by atoms with Crippen LogP contribution in [0.25, 0.3) is 0 Å². The third-order valence-corrected chi connectivity index (χ3v) is 6.08. The van der Waals surface area contributed by atoms with Gasteiger partial charge in [-0.3, -0.25) is 10.1 Å². The van der Waals surface area contributed by atoms with Gasteiger partial charge in [0, 0.05) is 28.1 Å². The minimum Gasteiger partial charge on any atom is -0.457 e. The molecule has 1 aromatic heterocycles. The third kappa shape index (κ3) is 5.51. The number of aryl methyl sites for hydroxylation is 2. The van der Waals surface area contributed by atoms with E-state index < -0.39 is 0 Å². The topological polar surface area (TPSA) is 51.2 Å². The lowest BCUT2D eigenvalue weighted by Gasteiger charge is -2.07. The molecule has 0 aliphatic heterocycles. The van der Waals surface area contributed by atoms with Crippen molar-refractivity contribution in [2.75, 3.05) is 5.32 Å². The van der Waals surface area contributed by atoms with Gasteiger partial charge in [0.15, 0.2) is 5.13 Å². The molecule has 31 heavy (non-hydrogen) atoms. The van der Waals surface area contributed by atoms with Crippen LogP contribution in [0.5, 0.6) is 11.5 Å². The molecule has 6 heteroatoms. The van der Waals surface area contributed by atoms with Crippen molar-refractivity contribution in [2.24, 2.45) is 0 Å². The Labute approximate surface area is 190 Å². The number of hydrogen-bond acceptors (Lipinski definition) is 4. The zero-order valence-electron chi connectivity index (χ0n) is 17.2. The highest BCUT2D eigenvalue weighted by Gasteiger charge is 2.10. The highest BCUT2D eigenvalue weighted by molar-refractivity contribution is 7.15. The smallest absolute Gasteiger partial charge is 0.257 e. The lowest BCUT2D eigenvalue weighted by atomic mass is 10.1. The van der Waals surface area contributed by atoms with Gasteiger partial charge in [0.1, 0.15) is 11.5 Å². The Hall–Kier alpha value is -3.15. The second-order valence-electron chi connectivity index (χ2n) is 7.29. The number of ether oxygens (including phenoxy) is 1. The molecule has 156 valence electrons. The van der Waals surface area contributed by atoms with Gasteiger partial charge in [-0.05, 0) is 67.4 Å². The van der Waals surface area contributed by atoms with Crippen molar-refractivity contribution in [1.82, 2.24) is 4.98 Å². The molecule has 0 spiro atoms. The van der Waals surface area contributed by atoms with Crippen molar-refractivity contribution < 1.29 is 9.53 Å². The summed E-state index contributed by atoms with van der Waals surface area (Å²) in [5.41, 5.74) is 3.88. The van der Waals surface area contributed by atoms with Gasteiger partial charge in [-0.15, -0.1) is 11.3 Å². The molecule has 4 rings (SSSR count). The van der Waals surface area contributed by atoms with Crippen molar-refractivity contribution in [1.29, 1.82) is 0 Å². The molecule has 0 saturated carbocycles. The first kappa shape index (κ1) is 21.1. The number of halogens is 1. The lowest BCUT2D eigenvalue weighted by Crippen LogP contribution is -2.11. The monoisotopic (exact) mass is 448 g/mol. The van der Waals surface area contributed by atoms with Crippen LogP contribution in [0.2, 0.25) is 5.02 Å². The van der Waals surface area contributed by atoms with E-state index in [9.17, 15) is 4.79 Å². The molecule has 3 aromatic carbocycles. The second kappa shape index (κ2) is 9.33. The number of carbonyl (C=O) groups excluding carboxylic acids is 1. The van der Waals surface area contributed by atoms with Crippen LogP contribution in [0, 0.1) is 13.8 Å². The van der Waals surface area contributed by atoms with Gasteiger partial charge in [-0.1, -0.05) is 41.4 Å². The quantitative estimate of drug-likeness (QED) is 0.344. The summed E-state index contributed by atoms with van der Waals surface area (Å²) in [6.07, 6.45) is 2.51. The zero-order chi connectivity index (χ0) is 21.8. The van der Waals surface area contributed by atoms with Gasteiger partial charge in [-0.2, -0.15) is 0 Å². The minimum absolute atomic E-state index is 0.207. The largest absolute Gasteiger partial charge is 0.457 e. The van der Waals surface area contributed by atoms with Gasteiger partial charge >= 0.3 is 0 Å². The molecule has 4 nitrogen and oxygen atoms in total. The Balaban J connectivity index is 1.37. The van der Waals surface area contributed by atoms with Crippen LogP contribution in [0.4, 0.5) is 5.13 Å². The number of aromatic nitrogens is 1. The first-order valence-corrected chi connectivity index (χ1v) is 11.0. The average molecular weight is 449 g/mol. The summed E-state index contributed by atoms with van der Waals surface area (Å²) < 4.78 is 5.81. The van der Waals surface area contributed by atoms with Gasteiger partial charge < -0.3 is 4.74 Å². The molecule has 0 aliphatic carbocycles. The Bertz CT molecular complexity index is 1200. The first-order valence-electron chi connectivity index (χ1n) is 9.82. The zero-order valence-corrected chi connectivity index (χ0v) is 18.8. The summed E-state index contributed by atoms with van der Waals surface area (Å²) in [7, 11) is 0.